The highest BCUT2D eigenvalue weighted by atomic mass is 32.1. The topological polar surface area (TPSA) is 78.1 Å². The minimum Gasteiger partial charge on any atom is -0.460 e. The second kappa shape index (κ2) is 7.06. The summed E-state index contributed by atoms with van der Waals surface area (Å²) in [4.78, 5) is 12.5. The van der Waals surface area contributed by atoms with Crippen LogP contribution in [0.1, 0.15) is 18.5 Å². The second-order valence-corrected chi connectivity index (χ2v) is 5.72. The maximum atomic E-state index is 12.5. The molecular weight excluding hydrogens is 332 g/mol. The summed E-state index contributed by atoms with van der Waals surface area (Å²) in [6.45, 7) is 2.51. The fraction of sp³-hybridized carbons (Fsp3) is 0.375. The molecule has 0 fully saturated rings. The molecule has 0 saturated carbocycles. The first-order valence-corrected chi connectivity index (χ1v) is 7.85. The zero-order valence-corrected chi connectivity index (χ0v) is 14.2. The minimum absolute atomic E-state index is 0.185. The van der Waals surface area contributed by atoms with Gasteiger partial charge in [0.25, 0.3) is 0 Å². The van der Waals surface area contributed by atoms with Gasteiger partial charge in [-0.1, -0.05) is 6.07 Å². The number of carbonyl (C=O) groups is 1. The van der Waals surface area contributed by atoms with Gasteiger partial charge in [0.1, 0.15) is 6.61 Å². The van der Waals surface area contributed by atoms with E-state index in [1.807, 2.05) is 18.2 Å². The predicted molar refractivity (Wildman–Crippen MR) is 89.7 cm³/mol. The van der Waals surface area contributed by atoms with Crippen molar-refractivity contribution in [3.05, 3.63) is 35.0 Å². The molecule has 0 bridgehead atoms. The molecule has 1 aromatic rings. The Morgan fingerprint density at radius 1 is 1.33 bits per heavy atom. The highest BCUT2D eigenvalue weighted by molar-refractivity contribution is 7.80. The van der Waals surface area contributed by atoms with E-state index in [4.69, 9.17) is 31.2 Å². The number of nitrogens with one attached hydrogen (secondary N) is 2. The van der Waals surface area contributed by atoms with Crippen LogP contribution < -0.4 is 20.1 Å². The largest absolute Gasteiger partial charge is 0.460 e. The Bertz CT molecular complexity index is 704. The van der Waals surface area contributed by atoms with Gasteiger partial charge in [-0.05, 0) is 36.8 Å². The lowest BCUT2D eigenvalue weighted by atomic mass is 9.95. The van der Waals surface area contributed by atoms with Crippen molar-refractivity contribution in [2.75, 3.05) is 27.1 Å². The van der Waals surface area contributed by atoms with Crippen molar-refractivity contribution < 1.29 is 23.7 Å². The number of esters is 1. The van der Waals surface area contributed by atoms with Crippen LogP contribution in [0.3, 0.4) is 0 Å². The van der Waals surface area contributed by atoms with E-state index in [1.54, 1.807) is 14.0 Å². The highest BCUT2D eigenvalue weighted by Crippen LogP contribution is 2.36. The van der Waals surface area contributed by atoms with E-state index < -0.39 is 12.0 Å². The number of hydrogen-bond acceptors (Lipinski definition) is 6. The number of hydrogen-bond donors (Lipinski definition) is 2. The van der Waals surface area contributed by atoms with Gasteiger partial charge in [-0.25, -0.2) is 4.79 Å². The van der Waals surface area contributed by atoms with Gasteiger partial charge in [0, 0.05) is 12.8 Å². The molecule has 7 nitrogen and oxygen atoms in total. The molecule has 2 aliphatic heterocycles. The fourth-order valence-electron chi connectivity index (χ4n) is 2.60. The molecule has 3 rings (SSSR count). The maximum Gasteiger partial charge on any atom is 0.338 e. The number of allylic oxidation sites excluding steroid dienone is 1. The molecule has 0 radical (unpaired) electrons. The third-order valence-electron chi connectivity index (χ3n) is 3.74. The summed E-state index contributed by atoms with van der Waals surface area (Å²) in [7, 11) is 1.55. The van der Waals surface area contributed by atoms with Crippen LogP contribution in [0.4, 0.5) is 0 Å². The molecule has 2 heterocycles. The third-order valence-corrected chi connectivity index (χ3v) is 3.96. The molecule has 1 atom stereocenters. The molecule has 24 heavy (non-hydrogen) atoms. The van der Waals surface area contributed by atoms with Crippen LogP contribution in [0.2, 0.25) is 0 Å². The van der Waals surface area contributed by atoms with E-state index in [-0.39, 0.29) is 13.4 Å². The van der Waals surface area contributed by atoms with Gasteiger partial charge in [0.05, 0.1) is 18.2 Å². The Hall–Kier alpha value is -2.32. The van der Waals surface area contributed by atoms with Gasteiger partial charge in [-0.3, -0.25) is 0 Å². The number of fused-ring (bicyclic) bond motifs is 1. The fourth-order valence-corrected chi connectivity index (χ4v) is 2.87. The lowest BCUT2D eigenvalue weighted by Crippen LogP contribution is -2.45. The minimum atomic E-state index is -0.428. The van der Waals surface area contributed by atoms with Gasteiger partial charge in [0.15, 0.2) is 16.6 Å². The van der Waals surface area contributed by atoms with E-state index in [0.29, 0.717) is 34.5 Å². The van der Waals surface area contributed by atoms with Crippen molar-refractivity contribution in [1.82, 2.24) is 10.6 Å². The standard InChI is InChI=1S/C16H18N2O5S/c1-9-13(15(19)21-6-5-20-2)14(18-16(24)17-9)10-3-4-11-12(7-10)23-8-22-11/h3-4,7,14H,5-6,8H2,1-2H3,(H2,17,18,24)/t14-/m1/s1. The van der Waals surface area contributed by atoms with E-state index in [9.17, 15) is 4.79 Å². The van der Waals surface area contributed by atoms with Crippen LogP contribution in [0, 0.1) is 0 Å². The summed E-state index contributed by atoms with van der Waals surface area (Å²) in [6, 6.07) is 5.09. The van der Waals surface area contributed by atoms with Gasteiger partial charge in [0.2, 0.25) is 6.79 Å². The smallest absolute Gasteiger partial charge is 0.338 e. The average Bonchev–Trinajstić information content (AvgIpc) is 3.01. The number of thiocarbonyl (C=S) groups is 1. The molecule has 8 heteroatoms. The van der Waals surface area contributed by atoms with Crippen molar-refractivity contribution in [1.29, 1.82) is 0 Å². The van der Waals surface area contributed by atoms with Gasteiger partial charge < -0.3 is 29.6 Å². The van der Waals surface area contributed by atoms with Crippen molar-refractivity contribution in [2.45, 2.75) is 13.0 Å². The average molecular weight is 350 g/mol. The zero-order chi connectivity index (χ0) is 17.1. The van der Waals surface area contributed by atoms with Crippen LogP contribution in [0.15, 0.2) is 29.5 Å². The maximum absolute atomic E-state index is 12.5. The Balaban J connectivity index is 1.89. The van der Waals surface area contributed by atoms with E-state index in [0.717, 1.165) is 5.56 Å². The second-order valence-electron chi connectivity index (χ2n) is 5.31. The van der Waals surface area contributed by atoms with E-state index in [2.05, 4.69) is 10.6 Å². The number of rotatable bonds is 5. The summed E-state index contributed by atoms with van der Waals surface area (Å²) in [5.41, 5.74) is 1.96. The number of methoxy groups -OCH3 is 1. The first-order chi connectivity index (χ1) is 11.6. The Labute approximate surface area is 144 Å². The number of carbonyl (C=O) groups excluding carboxylic acids is 1. The molecule has 1 aromatic carbocycles. The highest BCUT2D eigenvalue weighted by Gasteiger charge is 2.32. The van der Waals surface area contributed by atoms with Gasteiger partial charge >= 0.3 is 5.97 Å². The molecule has 0 spiro atoms. The summed E-state index contributed by atoms with van der Waals surface area (Å²) >= 11 is 5.22. The first-order valence-electron chi connectivity index (χ1n) is 7.44. The molecule has 0 aromatic heterocycles. The molecule has 0 saturated heterocycles. The normalized spacial score (nSPS) is 18.9. The van der Waals surface area contributed by atoms with E-state index in [1.165, 1.54) is 0 Å². The van der Waals surface area contributed by atoms with Crippen LogP contribution >= 0.6 is 12.2 Å². The predicted octanol–water partition coefficient (Wildman–Crippen LogP) is 1.40. The zero-order valence-electron chi connectivity index (χ0n) is 13.4. The lowest BCUT2D eigenvalue weighted by Gasteiger charge is -2.30. The molecule has 128 valence electrons. The number of benzene rings is 1. The monoisotopic (exact) mass is 350 g/mol. The Kier molecular flexibility index (Phi) is 4.86. The molecular formula is C16H18N2O5S. The molecule has 0 aliphatic carbocycles. The molecule has 2 N–H and O–H groups in total. The van der Waals surface area contributed by atoms with Gasteiger partial charge in [-0.15, -0.1) is 0 Å². The van der Waals surface area contributed by atoms with Crippen molar-refractivity contribution >= 4 is 23.3 Å². The summed E-state index contributed by atoms with van der Waals surface area (Å²) < 4.78 is 20.9. The summed E-state index contributed by atoms with van der Waals surface area (Å²) in [6.07, 6.45) is 0. The van der Waals surface area contributed by atoms with E-state index >= 15 is 0 Å². The molecule has 2 aliphatic rings. The lowest BCUT2D eigenvalue weighted by molar-refractivity contribution is -0.140. The summed E-state index contributed by atoms with van der Waals surface area (Å²) in [5.74, 6) is 0.901. The van der Waals surface area contributed by atoms with Crippen molar-refractivity contribution in [2.24, 2.45) is 0 Å². The van der Waals surface area contributed by atoms with Crippen molar-refractivity contribution in [3.8, 4) is 11.5 Å². The molecule has 0 unspecified atom stereocenters. The van der Waals surface area contributed by atoms with Crippen LogP contribution in [0.5, 0.6) is 11.5 Å². The Morgan fingerprint density at radius 2 is 2.12 bits per heavy atom. The number of ether oxygens (including phenoxy) is 4. The SMILES string of the molecule is COCCOC(=O)C1=C(C)NC(=S)N[C@@H]1c1ccc2c(c1)OCO2. The van der Waals surface area contributed by atoms with Crippen LogP contribution in [-0.2, 0) is 14.3 Å². The van der Waals surface area contributed by atoms with Crippen LogP contribution in [-0.4, -0.2) is 38.2 Å². The quantitative estimate of drug-likeness (QED) is 0.469. The molecule has 0 amide bonds. The van der Waals surface area contributed by atoms with Crippen molar-refractivity contribution in [3.63, 3.8) is 0 Å². The van der Waals surface area contributed by atoms with Gasteiger partial charge in [-0.2, -0.15) is 0 Å². The van der Waals surface area contributed by atoms with Crippen LogP contribution in [0.25, 0.3) is 0 Å². The summed E-state index contributed by atoms with van der Waals surface area (Å²) in [5, 5.41) is 6.52. The first kappa shape index (κ1) is 16.5. The Morgan fingerprint density at radius 3 is 2.92 bits per heavy atom. The third kappa shape index (κ3) is 3.29.